The number of benzene rings is 1. The monoisotopic (exact) mass is 262 g/mol. The summed E-state index contributed by atoms with van der Waals surface area (Å²) < 4.78 is 5.45. The first-order chi connectivity index (χ1) is 9.12. The van der Waals surface area contributed by atoms with Crippen LogP contribution in [0.1, 0.15) is 25.8 Å². The zero-order valence-electron chi connectivity index (χ0n) is 11.9. The van der Waals surface area contributed by atoms with Crippen LogP contribution in [0.25, 0.3) is 0 Å². The molecule has 1 atom stereocenters. The largest absolute Gasteiger partial charge is 0.369 e. The Bertz CT molecular complexity index is 455. The van der Waals surface area contributed by atoms with Crippen molar-refractivity contribution < 1.29 is 9.53 Å². The lowest BCUT2D eigenvalue weighted by Gasteiger charge is -2.32. The molecule has 0 aromatic heterocycles. The molecule has 1 aromatic carbocycles. The van der Waals surface area contributed by atoms with Crippen molar-refractivity contribution in [2.75, 3.05) is 25.1 Å². The van der Waals surface area contributed by atoms with Gasteiger partial charge in [-0.05, 0) is 25.0 Å². The van der Waals surface area contributed by atoms with Crippen molar-refractivity contribution >= 4 is 11.6 Å². The zero-order chi connectivity index (χ0) is 13.9. The Morgan fingerprint density at radius 2 is 2.21 bits per heavy atom. The molecule has 1 heterocycles. The van der Waals surface area contributed by atoms with Crippen molar-refractivity contribution in [3.8, 4) is 0 Å². The fraction of sp³-hybridized carbons (Fsp3) is 0.533. The van der Waals surface area contributed by atoms with Gasteiger partial charge in [-0.15, -0.1) is 0 Å². The summed E-state index contributed by atoms with van der Waals surface area (Å²) in [6.07, 6.45) is 0.661. The quantitative estimate of drug-likeness (QED) is 0.905. The molecule has 0 fully saturated rings. The van der Waals surface area contributed by atoms with Gasteiger partial charge in [-0.3, -0.25) is 4.79 Å². The summed E-state index contributed by atoms with van der Waals surface area (Å²) in [4.78, 5) is 14.6. The first-order valence-electron chi connectivity index (χ1n) is 6.78. The molecule has 0 spiro atoms. The van der Waals surface area contributed by atoms with E-state index >= 15 is 0 Å². The van der Waals surface area contributed by atoms with Crippen molar-refractivity contribution in [2.24, 2.45) is 0 Å². The number of para-hydroxylation sites is 1. The first-order valence-corrected chi connectivity index (χ1v) is 6.78. The van der Waals surface area contributed by atoms with Crippen molar-refractivity contribution in [3.63, 3.8) is 0 Å². The van der Waals surface area contributed by atoms with E-state index in [1.54, 1.807) is 7.11 Å². The molecule has 1 aliphatic heterocycles. The third kappa shape index (κ3) is 2.65. The lowest BCUT2D eigenvalue weighted by molar-refractivity contribution is -0.138. The predicted octanol–water partition coefficient (Wildman–Crippen LogP) is 1.94. The molecule has 1 amide bonds. The molecule has 19 heavy (non-hydrogen) atoms. The molecule has 0 saturated carbocycles. The van der Waals surface area contributed by atoms with Gasteiger partial charge in [0.15, 0.2) is 0 Å². The highest BCUT2D eigenvalue weighted by molar-refractivity contribution is 6.00. The second-order valence-electron chi connectivity index (χ2n) is 5.05. The number of methoxy groups -OCH3 is 1. The van der Waals surface area contributed by atoms with Gasteiger partial charge in [0, 0.05) is 32.4 Å². The van der Waals surface area contributed by atoms with Crippen molar-refractivity contribution in [2.45, 2.75) is 32.4 Å². The molecular formula is C15H22N2O2. The second kappa shape index (κ2) is 5.72. The average molecular weight is 262 g/mol. The van der Waals surface area contributed by atoms with Crippen LogP contribution in [0.2, 0.25) is 0 Å². The van der Waals surface area contributed by atoms with E-state index in [1.807, 2.05) is 36.9 Å². The van der Waals surface area contributed by atoms with Crippen LogP contribution in [0.3, 0.4) is 0 Å². The lowest BCUT2D eigenvalue weighted by Crippen LogP contribution is -2.49. The first kappa shape index (κ1) is 14.0. The van der Waals surface area contributed by atoms with Gasteiger partial charge >= 0.3 is 0 Å². The number of rotatable bonds is 3. The van der Waals surface area contributed by atoms with Gasteiger partial charge in [0.2, 0.25) is 0 Å². The molecule has 1 N–H and O–H groups in total. The van der Waals surface area contributed by atoms with Crippen LogP contribution in [-0.2, 0) is 16.1 Å². The average Bonchev–Trinajstić information content (AvgIpc) is 2.68. The molecule has 1 unspecified atom stereocenters. The fourth-order valence-corrected chi connectivity index (χ4v) is 2.34. The maximum absolute atomic E-state index is 12.8. The highest BCUT2D eigenvalue weighted by atomic mass is 16.5. The van der Waals surface area contributed by atoms with E-state index in [9.17, 15) is 4.79 Å². The molecule has 0 aliphatic carbocycles. The summed E-state index contributed by atoms with van der Waals surface area (Å²) in [7, 11) is 1.60. The van der Waals surface area contributed by atoms with Gasteiger partial charge in [0.05, 0.1) is 0 Å². The topological polar surface area (TPSA) is 41.6 Å². The molecule has 2 rings (SSSR count). The molecule has 4 heteroatoms. The number of carbonyl (C=O) groups is 1. The predicted molar refractivity (Wildman–Crippen MR) is 76.2 cm³/mol. The second-order valence-corrected chi connectivity index (χ2v) is 5.05. The molecule has 1 aliphatic rings. The lowest BCUT2D eigenvalue weighted by atomic mass is 10.0. The van der Waals surface area contributed by atoms with Gasteiger partial charge in [0.1, 0.15) is 5.60 Å². The maximum atomic E-state index is 12.8. The maximum Gasteiger partial charge on any atom is 0.258 e. The van der Waals surface area contributed by atoms with E-state index in [0.29, 0.717) is 13.0 Å². The Morgan fingerprint density at radius 3 is 2.89 bits per heavy atom. The van der Waals surface area contributed by atoms with E-state index in [0.717, 1.165) is 24.3 Å². The van der Waals surface area contributed by atoms with Crippen LogP contribution >= 0.6 is 0 Å². The van der Waals surface area contributed by atoms with Crippen LogP contribution in [0, 0.1) is 0 Å². The highest BCUT2D eigenvalue weighted by Gasteiger charge is 2.36. The highest BCUT2D eigenvalue weighted by Crippen LogP contribution is 2.27. The number of fused-ring (bicyclic) bond motifs is 1. The van der Waals surface area contributed by atoms with Crippen LogP contribution in [0.5, 0.6) is 0 Å². The third-order valence-electron chi connectivity index (χ3n) is 3.93. The number of hydrogen-bond acceptors (Lipinski definition) is 3. The van der Waals surface area contributed by atoms with Gasteiger partial charge in [-0.2, -0.15) is 0 Å². The SMILES string of the molecule is CCC(C)(OC)C(=O)N1CCNCc2ccccc21. The van der Waals surface area contributed by atoms with E-state index in [4.69, 9.17) is 4.74 Å². The molecule has 4 nitrogen and oxygen atoms in total. The molecule has 0 saturated heterocycles. The van der Waals surface area contributed by atoms with E-state index in [-0.39, 0.29) is 5.91 Å². The Hall–Kier alpha value is -1.39. The summed E-state index contributed by atoms with van der Waals surface area (Å²) in [5, 5.41) is 3.34. The normalized spacial score (nSPS) is 18.4. The summed E-state index contributed by atoms with van der Waals surface area (Å²) in [5.74, 6) is 0.0358. The van der Waals surface area contributed by atoms with E-state index in [1.165, 1.54) is 0 Å². The van der Waals surface area contributed by atoms with E-state index < -0.39 is 5.60 Å². The van der Waals surface area contributed by atoms with Crippen LogP contribution in [0.15, 0.2) is 24.3 Å². The van der Waals surface area contributed by atoms with Crippen LogP contribution < -0.4 is 10.2 Å². The Labute approximate surface area is 114 Å². The summed E-state index contributed by atoms with van der Waals surface area (Å²) >= 11 is 0. The number of anilines is 1. The molecule has 0 bridgehead atoms. The number of ether oxygens (including phenoxy) is 1. The minimum atomic E-state index is -0.753. The minimum Gasteiger partial charge on any atom is -0.369 e. The molecule has 0 radical (unpaired) electrons. The third-order valence-corrected chi connectivity index (χ3v) is 3.93. The standard InChI is InChI=1S/C15H22N2O2/c1-4-15(2,19-3)14(18)17-10-9-16-11-12-7-5-6-8-13(12)17/h5-8,16H,4,9-11H2,1-3H3. The number of carbonyl (C=O) groups excluding carboxylic acids is 1. The molecule has 1 aromatic rings. The minimum absolute atomic E-state index is 0.0358. The fourth-order valence-electron chi connectivity index (χ4n) is 2.34. The summed E-state index contributed by atoms with van der Waals surface area (Å²) in [6.45, 7) is 6.11. The number of amides is 1. The van der Waals surface area contributed by atoms with Gasteiger partial charge in [-0.25, -0.2) is 0 Å². The van der Waals surface area contributed by atoms with Gasteiger partial charge in [-0.1, -0.05) is 25.1 Å². The summed E-state index contributed by atoms with van der Waals surface area (Å²) in [5.41, 5.74) is 1.40. The van der Waals surface area contributed by atoms with Gasteiger partial charge < -0.3 is 15.0 Å². The summed E-state index contributed by atoms with van der Waals surface area (Å²) in [6, 6.07) is 8.04. The van der Waals surface area contributed by atoms with Crippen LogP contribution in [-0.4, -0.2) is 31.7 Å². The smallest absolute Gasteiger partial charge is 0.258 e. The van der Waals surface area contributed by atoms with Crippen molar-refractivity contribution in [1.82, 2.24) is 5.32 Å². The molecule has 104 valence electrons. The van der Waals surface area contributed by atoms with Crippen molar-refractivity contribution in [3.05, 3.63) is 29.8 Å². The zero-order valence-corrected chi connectivity index (χ0v) is 11.9. The Morgan fingerprint density at radius 1 is 1.47 bits per heavy atom. The van der Waals surface area contributed by atoms with Crippen molar-refractivity contribution in [1.29, 1.82) is 0 Å². The van der Waals surface area contributed by atoms with E-state index in [2.05, 4.69) is 11.4 Å². The number of hydrogen-bond donors (Lipinski definition) is 1. The molecular weight excluding hydrogens is 240 g/mol. The Balaban J connectivity index is 2.37. The van der Waals surface area contributed by atoms with Crippen LogP contribution in [0.4, 0.5) is 5.69 Å². The number of nitrogens with one attached hydrogen (secondary N) is 1. The number of nitrogens with zero attached hydrogens (tertiary/aromatic N) is 1. The van der Waals surface area contributed by atoms with Gasteiger partial charge in [0.25, 0.3) is 5.91 Å². The Kier molecular flexibility index (Phi) is 4.22.